The molecule has 0 heterocycles. The molecule has 2 aromatic rings. The van der Waals surface area contributed by atoms with Gasteiger partial charge in [-0.15, -0.1) is 17.2 Å². The molecule has 0 spiro atoms. The molecule has 0 radical (unpaired) electrons. The van der Waals surface area contributed by atoms with Crippen LogP contribution in [0, 0.1) is 97.0 Å². The third-order valence-corrected chi connectivity index (χ3v) is 5.66. The zero-order chi connectivity index (χ0) is 24.5. The van der Waals surface area contributed by atoms with Crippen LogP contribution >= 0.6 is 0 Å². The van der Waals surface area contributed by atoms with Gasteiger partial charge in [0.1, 0.15) is 0 Å². The fraction of sp³-hybridized carbons (Fsp3) is 0.176. The summed E-state index contributed by atoms with van der Waals surface area (Å²) < 4.78 is 0. The Hall–Kier alpha value is -2.59. The van der Waals surface area contributed by atoms with Gasteiger partial charge >= 0.3 is 31.1 Å². The molecule has 35 heavy (non-hydrogen) atoms. The summed E-state index contributed by atoms with van der Waals surface area (Å²) >= 11 is 0. The minimum Gasteiger partial charge on any atom is -0.184 e. The van der Waals surface area contributed by atoms with Crippen LogP contribution in [0.25, 0.3) is 11.1 Å². The van der Waals surface area contributed by atoms with E-state index in [-0.39, 0.29) is 31.1 Å². The molecule has 0 unspecified atom stereocenters. The molecule has 0 fully saturated rings. The Kier molecular flexibility index (Phi) is 11.5. The van der Waals surface area contributed by atoms with Gasteiger partial charge in [0, 0.05) is 0 Å². The first-order valence-corrected chi connectivity index (χ1v) is 11.6. The van der Waals surface area contributed by atoms with Gasteiger partial charge in [-0.25, -0.2) is 0 Å². The van der Waals surface area contributed by atoms with E-state index in [4.69, 9.17) is 0 Å². The van der Waals surface area contributed by atoms with Crippen molar-refractivity contribution in [3.8, 4) is 0 Å². The maximum absolute atomic E-state index is 3.55. The standard InChI is InChI=1S/C26H26.C8H6.U/c1-17-13-19(3)25(20(4)14-17)23-11-9-7-8-10-12-24(23)26-21(5)15-18(2)16-22(26)6;1-2-4-6-8-7-5-3-1;/h7-9,12-16H,1-6H3;1-3,6-8H;/q2*-2;+4/b8-7?,9-7-,24-12+,24-23?;2-1-,3-1?,8-6?,8-7-;. The third kappa shape index (κ3) is 7.96. The van der Waals surface area contributed by atoms with Gasteiger partial charge in [0.15, 0.2) is 0 Å². The van der Waals surface area contributed by atoms with Crippen molar-refractivity contribution in [3.05, 3.63) is 154 Å². The molecule has 172 valence electrons. The maximum atomic E-state index is 3.55. The van der Waals surface area contributed by atoms with Gasteiger partial charge in [-0.2, -0.15) is 79.0 Å². The van der Waals surface area contributed by atoms with Crippen LogP contribution in [0.1, 0.15) is 44.5 Å². The molecule has 0 nitrogen and oxygen atoms in total. The van der Waals surface area contributed by atoms with Crippen LogP contribution in [0.4, 0.5) is 0 Å². The summed E-state index contributed by atoms with van der Waals surface area (Å²) in [5.41, 5.74) is 12.7. The van der Waals surface area contributed by atoms with Gasteiger partial charge in [0.2, 0.25) is 0 Å². The summed E-state index contributed by atoms with van der Waals surface area (Å²) in [6, 6.07) is 9.03. The van der Waals surface area contributed by atoms with Crippen LogP contribution in [0.15, 0.2) is 85.0 Å². The fourth-order valence-corrected chi connectivity index (χ4v) is 4.53. The van der Waals surface area contributed by atoms with Crippen LogP contribution in [-0.2, 0) is 0 Å². The van der Waals surface area contributed by atoms with Crippen molar-refractivity contribution in [2.75, 3.05) is 0 Å². The minimum absolute atomic E-state index is 0. The van der Waals surface area contributed by atoms with Crippen molar-refractivity contribution in [2.24, 2.45) is 0 Å². The average Bonchev–Trinajstić information content (AvgIpc) is 2.70. The molecule has 0 N–H and O–H groups in total. The normalized spacial score (nSPS) is 22.5. The Morgan fingerprint density at radius 2 is 0.943 bits per heavy atom. The van der Waals surface area contributed by atoms with E-state index >= 15 is 0 Å². The first-order valence-electron chi connectivity index (χ1n) is 11.6. The van der Waals surface area contributed by atoms with Gasteiger partial charge < -0.3 is 0 Å². The van der Waals surface area contributed by atoms with Gasteiger partial charge in [-0.1, -0.05) is 68.8 Å². The molecule has 0 amide bonds. The Morgan fingerprint density at radius 1 is 0.514 bits per heavy atom. The second kappa shape index (κ2) is 14.1. The number of rotatable bonds is 2. The summed E-state index contributed by atoms with van der Waals surface area (Å²) in [7, 11) is 0. The molecular formula is C34H32U. The Balaban J connectivity index is 0.000000409. The van der Waals surface area contributed by atoms with Crippen LogP contribution < -0.4 is 0 Å². The number of allylic oxidation sites excluding steroid dienone is 16. The third-order valence-electron chi connectivity index (χ3n) is 5.66. The van der Waals surface area contributed by atoms with E-state index in [1.54, 1.807) is 0 Å². The molecule has 0 bridgehead atoms. The summed E-state index contributed by atoms with van der Waals surface area (Å²) in [5, 5.41) is 0. The number of aryl methyl sites for hydroxylation is 6. The first kappa shape index (κ1) is 28.6. The van der Waals surface area contributed by atoms with E-state index in [2.05, 4.69) is 96.2 Å². The van der Waals surface area contributed by atoms with Crippen LogP contribution in [0.2, 0.25) is 0 Å². The minimum atomic E-state index is 0. The zero-order valence-corrected chi connectivity index (χ0v) is 25.7. The molecule has 0 saturated heterocycles. The summed E-state index contributed by atoms with van der Waals surface area (Å²) in [6.07, 6.45) is 31.9. The van der Waals surface area contributed by atoms with Gasteiger partial charge in [0.25, 0.3) is 0 Å². The smallest absolute Gasteiger partial charge is 0.184 e. The van der Waals surface area contributed by atoms with Crippen LogP contribution in [0.3, 0.4) is 0 Å². The van der Waals surface area contributed by atoms with E-state index in [9.17, 15) is 0 Å². The molecule has 1 heteroatoms. The fourth-order valence-electron chi connectivity index (χ4n) is 4.53. The van der Waals surface area contributed by atoms with E-state index in [1.807, 2.05) is 54.7 Å². The Morgan fingerprint density at radius 3 is 1.46 bits per heavy atom. The first-order chi connectivity index (χ1) is 16.4. The largest absolute Gasteiger partial charge is 4.00 e. The van der Waals surface area contributed by atoms with Crippen molar-refractivity contribution in [1.29, 1.82) is 0 Å². The number of hydrogen-bond donors (Lipinski definition) is 0. The molecule has 0 aromatic heterocycles. The summed E-state index contributed by atoms with van der Waals surface area (Å²) in [5.74, 6) is 0. The Labute approximate surface area is 236 Å². The van der Waals surface area contributed by atoms with E-state index in [0.717, 1.165) is 5.57 Å². The van der Waals surface area contributed by atoms with Crippen molar-refractivity contribution in [3.63, 3.8) is 0 Å². The number of benzene rings is 2. The topological polar surface area (TPSA) is 0 Å². The average molecular weight is 679 g/mol. The monoisotopic (exact) mass is 678 g/mol. The molecule has 2 aliphatic carbocycles. The quantitative estimate of drug-likeness (QED) is 0.280. The van der Waals surface area contributed by atoms with E-state index in [1.165, 1.54) is 50.1 Å². The molecule has 2 aromatic carbocycles. The van der Waals surface area contributed by atoms with E-state index < -0.39 is 0 Å². The summed E-state index contributed by atoms with van der Waals surface area (Å²) in [6.45, 7) is 13.1. The van der Waals surface area contributed by atoms with Crippen molar-refractivity contribution >= 4 is 11.1 Å². The molecule has 0 aliphatic heterocycles. The SMILES string of the molecule is Cc1cc(C)c(C2=[C-]\C=C/C=[C-]/C=C\2c2c(C)cc(C)cc2C)c(C)c1.[C-]1=C\C=C/[C-]=C\C=C/1.[U+4]. The molecule has 4 rings (SSSR count). The number of hydrogen-bond acceptors (Lipinski definition) is 0. The van der Waals surface area contributed by atoms with Crippen LogP contribution in [0.5, 0.6) is 0 Å². The van der Waals surface area contributed by atoms with Gasteiger partial charge in [-0.3, -0.25) is 0 Å². The Bertz CT molecular complexity index is 1100. The van der Waals surface area contributed by atoms with Crippen molar-refractivity contribution in [1.82, 2.24) is 0 Å². The predicted molar refractivity (Wildman–Crippen MR) is 147 cm³/mol. The zero-order valence-electron chi connectivity index (χ0n) is 21.6. The van der Waals surface area contributed by atoms with Crippen molar-refractivity contribution < 1.29 is 31.1 Å². The molecular weight excluding hydrogens is 646 g/mol. The molecule has 2 aliphatic rings. The predicted octanol–water partition coefficient (Wildman–Crippen LogP) is 8.57. The molecule has 0 atom stereocenters. The maximum Gasteiger partial charge on any atom is 4.00 e. The summed E-state index contributed by atoms with van der Waals surface area (Å²) in [4.78, 5) is 0. The van der Waals surface area contributed by atoms with Gasteiger partial charge in [0.05, 0.1) is 0 Å². The van der Waals surface area contributed by atoms with E-state index in [0.29, 0.717) is 0 Å². The van der Waals surface area contributed by atoms with Gasteiger partial charge in [-0.05, 0) is 41.5 Å². The molecule has 0 saturated carbocycles. The van der Waals surface area contributed by atoms with Crippen molar-refractivity contribution in [2.45, 2.75) is 41.5 Å². The second-order valence-corrected chi connectivity index (χ2v) is 8.70. The van der Waals surface area contributed by atoms with Crippen LogP contribution in [-0.4, -0.2) is 0 Å². The second-order valence-electron chi connectivity index (χ2n) is 8.70.